The first kappa shape index (κ1) is 19.4. The van der Waals surface area contributed by atoms with Crippen molar-refractivity contribution < 1.29 is 13.2 Å². The van der Waals surface area contributed by atoms with E-state index in [2.05, 4.69) is 13.8 Å². The molecule has 0 N–H and O–H groups in total. The van der Waals surface area contributed by atoms with Crippen molar-refractivity contribution in [2.75, 3.05) is 20.1 Å². The van der Waals surface area contributed by atoms with Gasteiger partial charge in [0.25, 0.3) is 5.91 Å². The SMILES string of the molecule is C[C@@H]1C[C@@H](C)CN(S(=O)(=O)c2cccc(C(=O)N(C)C3CCCC3)c2)C1. The molecule has 3 rings (SSSR count). The van der Waals surface area contributed by atoms with Crippen LogP contribution in [-0.2, 0) is 10.0 Å². The summed E-state index contributed by atoms with van der Waals surface area (Å²) in [4.78, 5) is 14.8. The molecule has 0 unspecified atom stereocenters. The van der Waals surface area contributed by atoms with Gasteiger partial charge in [-0.25, -0.2) is 8.42 Å². The Kier molecular flexibility index (Phi) is 5.72. The van der Waals surface area contributed by atoms with Crippen LogP contribution in [0.2, 0.25) is 0 Å². The topological polar surface area (TPSA) is 57.7 Å². The summed E-state index contributed by atoms with van der Waals surface area (Å²) >= 11 is 0. The number of piperidine rings is 1. The van der Waals surface area contributed by atoms with Gasteiger partial charge in [-0.15, -0.1) is 0 Å². The summed E-state index contributed by atoms with van der Waals surface area (Å²) in [6.07, 6.45) is 5.42. The molecule has 2 fully saturated rings. The van der Waals surface area contributed by atoms with Gasteiger partial charge in [0, 0.05) is 31.7 Å². The quantitative estimate of drug-likeness (QED) is 0.807. The summed E-state index contributed by atoms with van der Waals surface area (Å²) in [6, 6.07) is 6.82. The van der Waals surface area contributed by atoms with Crippen molar-refractivity contribution in [2.45, 2.75) is 56.9 Å². The summed E-state index contributed by atoms with van der Waals surface area (Å²) in [5.74, 6) is 0.619. The number of hydrogen-bond acceptors (Lipinski definition) is 3. The number of benzene rings is 1. The van der Waals surface area contributed by atoms with Crippen LogP contribution in [0.4, 0.5) is 0 Å². The Balaban J connectivity index is 1.83. The monoisotopic (exact) mass is 378 g/mol. The van der Waals surface area contributed by atoms with Gasteiger partial charge in [-0.2, -0.15) is 4.31 Å². The first-order chi connectivity index (χ1) is 12.3. The van der Waals surface area contributed by atoms with Gasteiger partial charge in [0.2, 0.25) is 10.0 Å². The molecule has 1 aliphatic carbocycles. The summed E-state index contributed by atoms with van der Waals surface area (Å²) < 4.78 is 27.7. The zero-order valence-electron chi connectivity index (χ0n) is 16.0. The lowest BCUT2D eigenvalue weighted by atomic mass is 9.94. The molecule has 2 aliphatic rings. The van der Waals surface area contributed by atoms with E-state index < -0.39 is 10.0 Å². The maximum absolute atomic E-state index is 13.1. The Morgan fingerprint density at radius 2 is 1.73 bits per heavy atom. The maximum Gasteiger partial charge on any atom is 0.253 e. The highest BCUT2D eigenvalue weighted by molar-refractivity contribution is 7.89. The molecule has 0 bridgehead atoms. The van der Waals surface area contributed by atoms with Crippen LogP contribution in [0.15, 0.2) is 29.2 Å². The van der Waals surface area contributed by atoms with Crippen LogP contribution in [0.1, 0.15) is 56.3 Å². The number of nitrogens with zero attached hydrogens (tertiary/aromatic N) is 2. The van der Waals surface area contributed by atoms with Crippen LogP contribution in [0, 0.1) is 11.8 Å². The molecule has 144 valence electrons. The fourth-order valence-electron chi connectivity index (χ4n) is 4.40. The number of carbonyl (C=O) groups is 1. The third kappa shape index (κ3) is 3.96. The molecule has 1 amide bonds. The van der Waals surface area contributed by atoms with Gasteiger partial charge in [0.05, 0.1) is 4.90 Å². The molecule has 1 saturated carbocycles. The summed E-state index contributed by atoms with van der Waals surface area (Å²) in [5.41, 5.74) is 0.457. The number of carbonyl (C=O) groups excluding carboxylic acids is 1. The van der Waals surface area contributed by atoms with Crippen molar-refractivity contribution >= 4 is 15.9 Å². The van der Waals surface area contributed by atoms with Crippen molar-refractivity contribution in [3.05, 3.63) is 29.8 Å². The molecule has 1 saturated heterocycles. The van der Waals surface area contributed by atoms with Crippen molar-refractivity contribution in [3.8, 4) is 0 Å². The molecule has 5 nitrogen and oxygen atoms in total. The third-order valence-electron chi connectivity index (χ3n) is 5.75. The lowest BCUT2D eigenvalue weighted by Gasteiger charge is -2.34. The highest BCUT2D eigenvalue weighted by atomic mass is 32.2. The van der Waals surface area contributed by atoms with Crippen molar-refractivity contribution in [2.24, 2.45) is 11.8 Å². The Morgan fingerprint density at radius 3 is 2.35 bits per heavy atom. The van der Waals surface area contributed by atoms with E-state index in [4.69, 9.17) is 0 Å². The predicted molar refractivity (Wildman–Crippen MR) is 102 cm³/mol. The number of hydrogen-bond donors (Lipinski definition) is 0. The van der Waals surface area contributed by atoms with Crippen LogP contribution < -0.4 is 0 Å². The summed E-state index contributed by atoms with van der Waals surface area (Å²) in [7, 11) is -1.74. The van der Waals surface area contributed by atoms with Crippen molar-refractivity contribution in [1.82, 2.24) is 9.21 Å². The average Bonchev–Trinajstić information content (AvgIpc) is 3.14. The van der Waals surface area contributed by atoms with Gasteiger partial charge < -0.3 is 4.90 Å². The zero-order chi connectivity index (χ0) is 18.9. The Hall–Kier alpha value is -1.40. The van der Waals surface area contributed by atoms with Crippen LogP contribution in [0.3, 0.4) is 0 Å². The Morgan fingerprint density at radius 1 is 1.12 bits per heavy atom. The van der Waals surface area contributed by atoms with E-state index in [0.717, 1.165) is 32.1 Å². The molecule has 1 aromatic carbocycles. The molecule has 1 aliphatic heterocycles. The van der Waals surface area contributed by atoms with Crippen LogP contribution in [0.5, 0.6) is 0 Å². The van der Waals surface area contributed by atoms with Crippen LogP contribution in [0.25, 0.3) is 0 Å². The van der Waals surface area contributed by atoms with Gasteiger partial charge in [-0.3, -0.25) is 4.79 Å². The minimum atomic E-state index is -3.57. The van der Waals surface area contributed by atoms with Gasteiger partial charge in [-0.1, -0.05) is 32.8 Å². The number of sulfonamides is 1. The second-order valence-electron chi connectivity index (χ2n) is 8.15. The highest BCUT2D eigenvalue weighted by Gasteiger charge is 2.32. The van der Waals surface area contributed by atoms with E-state index in [1.54, 1.807) is 33.5 Å². The lowest BCUT2D eigenvalue weighted by Crippen LogP contribution is -2.42. The molecule has 0 radical (unpaired) electrons. The number of rotatable bonds is 4. The number of amides is 1. The predicted octanol–water partition coefficient (Wildman–Crippen LogP) is 3.37. The van der Waals surface area contributed by atoms with Gasteiger partial charge in [0.15, 0.2) is 0 Å². The molecule has 6 heteroatoms. The van der Waals surface area contributed by atoms with Crippen molar-refractivity contribution in [3.63, 3.8) is 0 Å². The van der Waals surface area contributed by atoms with Crippen molar-refractivity contribution in [1.29, 1.82) is 0 Å². The maximum atomic E-state index is 13.1. The average molecular weight is 379 g/mol. The fraction of sp³-hybridized carbons (Fsp3) is 0.650. The molecule has 0 spiro atoms. The molecule has 0 aromatic heterocycles. The first-order valence-corrected chi connectivity index (χ1v) is 11.1. The van der Waals surface area contributed by atoms with Crippen LogP contribution in [-0.4, -0.2) is 49.7 Å². The van der Waals surface area contributed by atoms with E-state index in [9.17, 15) is 13.2 Å². The smallest absolute Gasteiger partial charge is 0.253 e. The molecule has 1 aromatic rings. The molecule has 2 atom stereocenters. The highest BCUT2D eigenvalue weighted by Crippen LogP contribution is 2.28. The molecule has 1 heterocycles. The van der Waals surface area contributed by atoms with E-state index in [1.165, 1.54) is 0 Å². The van der Waals surface area contributed by atoms with Gasteiger partial charge >= 0.3 is 0 Å². The zero-order valence-corrected chi connectivity index (χ0v) is 16.8. The minimum Gasteiger partial charge on any atom is -0.339 e. The molecule has 26 heavy (non-hydrogen) atoms. The Bertz CT molecular complexity index is 746. The van der Waals surface area contributed by atoms with E-state index >= 15 is 0 Å². The summed E-state index contributed by atoms with van der Waals surface area (Å²) in [6.45, 7) is 5.28. The fourth-order valence-corrected chi connectivity index (χ4v) is 6.13. The molecular weight excluding hydrogens is 348 g/mol. The van der Waals surface area contributed by atoms with E-state index in [-0.39, 0.29) is 16.8 Å². The first-order valence-electron chi connectivity index (χ1n) is 9.66. The standard InChI is InChI=1S/C20H30N2O3S/c1-15-11-16(2)14-22(13-15)26(24,25)19-10-6-7-17(12-19)20(23)21(3)18-8-4-5-9-18/h6-7,10,12,15-16,18H,4-5,8-9,11,13-14H2,1-3H3/t15-,16-/m1/s1. The third-order valence-corrected chi connectivity index (χ3v) is 7.57. The second kappa shape index (κ2) is 7.69. The van der Waals surface area contributed by atoms with Gasteiger partial charge in [0.1, 0.15) is 0 Å². The molecular formula is C20H30N2O3S. The van der Waals surface area contributed by atoms with Crippen LogP contribution >= 0.6 is 0 Å². The largest absolute Gasteiger partial charge is 0.339 e. The lowest BCUT2D eigenvalue weighted by molar-refractivity contribution is 0.0735. The van der Waals surface area contributed by atoms with E-state index in [1.807, 2.05) is 7.05 Å². The Labute approximate surface area is 157 Å². The van der Waals surface area contributed by atoms with Gasteiger partial charge in [-0.05, 0) is 49.3 Å². The normalized spacial score (nSPS) is 25.3. The minimum absolute atomic E-state index is 0.0886. The second-order valence-corrected chi connectivity index (χ2v) is 10.1. The van der Waals surface area contributed by atoms with E-state index in [0.29, 0.717) is 30.5 Å². The summed E-state index contributed by atoms with van der Waals surface area (Å²) in [5, 5.41) is 0.